The van der Waals surface area contributed by atoms with Crippen molar-refractivity contribution in [1.29, 1.82) is 0 Å². The summed E-state index contributed by atoms with van der Waals surface area (Å²) in [6.45, 7) is 4.22. The summed E-state index contributed by atoms with van der Waals surface area (Å²) in [5, 5.41) is 8.56. The van der Waals surface area contributed by atoms with Crippen molar-refractivity contribution in [2.75, 3.05) is 0 Å². The zero-order chi connectivity index (χ0) is 14.8. The van der Waals surface area contributed by atoms with Gasteiger partial charge in [0.1, 0.15) is 0 Å². The Labute approximate surface area is 126 Å². The van der Waals surface area contributed by atoms with Gasteiger partial charge in [-0.05, 0) is 12.3 Å². The number of rotatable bonds is 5. The lowest BCUT2D eigenvalue weighted by molar-refractivity contribution is 0.379. The van der Waals surface area contributed by atoms with E-state index in [0.29, 0.717) is 17.6 Å². The molecule has 0 N–H and O–H groups in total. The number of nitrogens with zero attached hydrogens (tertiary/aromatic N) is 5. The number of aromatic nitrogens is 5. The first kappa shape index (κ1) is 13.9. The Kier molecular flexibility index (Phi) is 3.83. The predicted octanol–water partition coefficient (Wildman–Crippen LogP) is 2.84. The Hall–Kier alpha value is -2.02. The van der Waals surface area contributed by atoms with Gasteiger partial charge in [0.05, 0.1) is 16.8 Å². The number of aryl methyl sites for hydroxylation is 3. The third kappa shape index (κ3) is 3.02. The molecule has 0 saturated carbocycles. The molecule has 0 aromatic carbocycles. The fourth-order valence-electron chi connectivity index (χ4n) is 2.17. The Morgan fingerprint density at radius 2 is 2.19 bits per heavy atom. The number of thiazole rings is 1. The van der Waals surface area contributed by atoms with Crippen molar-refractivity contribution in [1.82, 2.24) is 24.9 Å². The van der Waals surface area contributed by atoms with E-state index in [0.717, 1.165) is 24.1 Å². The summed E-state index contributed by atoms with van der Waals surface area (Å²) in [5.41, 5.74) is 3.77. The summed E-state index contributed by atoms with van der Waals surface area (Å²) >= 11 is 1.64. The quantitative estimate of drug-likeness (QED) is 0.725. The minimum absolute atomic E-state index is 0.320. The molecule has 3 aromatic heterocycles. The molecule has 110 valence electrons. The van der Waals surface area contributed by atoms with Crippen LogP contribution >= 0.6 is 11.3 Å². The van der Waals surface area contributed by atoms with Gasteiger partial charge in [0, 0.05) is 30.7 Å². The van der Waals surface area contributed by atoms with Crippen LogP contribution in [-0.4, -0.2) is 24.9 Å². The molecule has 7 heteroatoms. The zero-order valence-electron chi connectivity index (χ0n) is 12.3. The Bertz CT molecular complexity index is 714. The minimum atomic E-state index is 0.320. The van der Waals surface area contributed by atoms with Crippen LogP contribution in [0.2, 0.25) is 0 Å². The second kappa shape index (κ2) is 5.77. The number of hydrogen-bond donors (Lipinski definition) is 0. The molecule has 3 aromatic rings. The molecule has 0 aliphatic carbocycles. The Balaban J connectivity index is 1.78. The molecule has 0 bridgehead atoms. The van der Waals surface area contributed by atoms with Gasteiger partial charge in [0.15, 0.2) is 0 Å². The SMILES string of the molecule is CC(C)c1nn(C)cc1-c1noc(CCc2cncs2)n1. The molecule has 0 amide bonds. The summed E-state index contributed by atoms with van der Waals surface area (Å²) in [6.07, 6.45) is 5.41. The molecule has 0 aliphatic rings. The van der Waals surface area contributed by atoms with Crippen LogP contribution in [0.15, 0.2) is 22.4 Å². The van der Waals surface area contributed by atoms with Gasteiger partial charge < -0.3 is 4.52 Å². The van der Waals surface area contributed by atoms with Crippen LogP contribution in [0.4, 0.5) is 0 Å². The lowest BCUT2D eigenvalue weighted by atomic mass is 10.1. The van der Waals surface area contributed by atoms with Crippen molar-refractivity contribution < 1.29 is 4.52 Å². The summed E-state index contributed by atoms with van der Waals surface area (Å²) in [4.78, 5) is 9.77. The van der Waals surface area contributed by atoms with Crippen molar-refractivity contribution in [3.63, 3.8) is 0 Å². The first-order valence-electron chi connectivity index (χ1n) is 6.87. The van der Waals surface area contributed by atoms with Crippen molar-refractivity contribution >= 4 is 11.3 Å². The summed E-state index contributed by atoms with van der Waals surface area (Å²) in [6, 6.07) is 0. The summed E-state index contributed by atoms with van der Waals surface area (Å²) in [7, 11) is 1.90. The first-order valence-corrected chi connectivity index (χ1v) is 7.75. The average molecular weight is 303 g/mol. The van der Waals surface area contributed by atoms with Crippen LogP contribution in [0.3, 0.4) is 0 Å². The van der Waals surface area contributed by atoms with Crippen LogP contribution in [0, 0.1) is 0 Å². The highest BCUT2D eigenvalue weighted by atomic mass is 32.1. The van der Waals surface area contributed by atoms with E-state index in [1.165, 1.54) is 4.88 Å². The fourth-order valence-corrected chi connectivity index (χ4v) is 2.76. The van der Waals surface area contributed by atoms with Crippen LogP contribution < -0.4 is 0 Å². The van der Waals surface area contributed by atoms with Gasteiger partial charge in [-0.15, -0.1) is 11.3 Å². The van der Waals surface area contributed by atoms with Crippen molar-refractivity contribution in [2.24, 2.45) is 7.05 Å². The van der Waals surface area contributed by atoms with E-state index in [-0.39, 0.29) is 0 Å². The normalized spacial score (nSPS) is 11.4. The molecule has 0 aliphatic heterocycles. The molecule has 0 radical (unpaired) electrons. The molecule has 0 atom stereocenters. The standard InChI is InChI=1S/C14H17N5OS/c1-9(2)13-11(7-19(3)17-13)14-16-12(20-18-14)5-4-10-6-15-8-21-10/h6-9H,4-5H2,1-3H3. The first-order chi connectivity index (χ1) is 10.1. The van der Waals surface area contributed by atoms with Gasteiger partial charge >= 0.3 is 0 Å². The second-order valence-corrected chi connectivity index (χ2v) is 6.21. The van der Waals surface area contributed by atoms with E-state index in [1.807, 2.05) is 25.0 Å². The molecular formula is C14H17N5OS. The van der Waals surface area contributed by atoms with Gasteiger partial charge in [-0.3, -0.25) is 9.67 Å². The lowest BCUT2D eigenvalue weighted by Crippen LogP contribution is -1.94. The van der Waals surface area contributed by atoms with E-state index in [1.54, 1.807) is 16.0 Å². The maximum absolute atomic E-state index is 5.35. The topological polar surface area (TPSA) is 69.6 Å². The molecule has 0 saturated heterocycles. The highest BCUT2D eigenvalue weighted by molar-refractivity contribution is 7.09. The second-order valence-electron chi connectivity index (χ2n) is 5.24. The van der Waals surface area contributed by atoms with Crippen LogP contribution in [-0.2, 0) is 19.9 Å². The number of hydrogen-bond acceptors (Lipinski definition) is 6. The van der Waals surface area contributed by atoms with E-state index in [2.05, 4.69) is 34.1 Å². The van der Waals surface area contributed by atoms with Crippen LogP contribution in [0.25, 0.3) is 11.4 Å². The molecular weight excluding hydrogens is 286 g/mol. The van der Waals surface area contributed by atoms with Gasteiger partial charge in [0.25, 0.3) is 0 Å². The van der Waals surface area contributed by atoms with E-state index < -0.39 is 0 Å². The lowest BCUT2D eigenvalue weighted by Gasteiger charge is -2.00. The highest BCUT2D eigenvalue weighted by Gasteiger charge is 2.18. The molecule has 0 unspecified atom stereocenters. The van der Waals surface area contributed by atoms with E-state index in [9.17, 15) is 0 Å². The van der Waals surface area contributed by atoms with Gasteiger partial charge in [-0.25, -0.2) is 0 Å². The highest BCUT2D eigenvalue weighted by Crippen LogP contribution is 2.26. The van der Waals surface area contributed by atoms with E-state index >= 15 is 0 Å². The average Bonchev–Trinajstić information content (AvgIpc) is 3.16. The van der Waals surface area contributed by atoms with Crippen molar-refractivity contribution in [3.05, 3.63) is 34.4 Å². The van der Waals surface area contributed by atoms with Gasteiger partial charge in [-0.1, -0.05) is 19.0 Å². The summed E-state index contributed by atoms with van der Waals surface area (Å²) in [5.74, 6) is 1.59. The molecule has 3 heterocycles. The largest absolute Gasteiger partial charge is 0.339 e. The molecule has 3 rings (SSSR count). The third-order valence-electron chi connectivity index (χ3n) is 3.18. The molecule has 0 fully saturated rings. The fraction of sp³-hybridized carbons (Fsp3) is 0.429. The Morgan fingerprint density at radius 1 is 1.33 bits per heavy atom. The van der Waals surface area contributed by atoms with Crippen LogP contribution in [0.1, 0.15) is 36.2 Å². The van der Waals surface area contributed by atoms with Crippen molar-refractivity contribution in [2.45, 2.75) is 32.6 Å². The molecule has 0 spiro atoms. The van der Waals surface area contributed by atoms with Gasteiger partial charge in [0.2, 0.25) is 11.7 Å². The van der Waals surface area contributed by atoms with E-state index in [4.69, 9.17) is 4.52 Å². The molecule has 6 nitrogen and oxygen atoms in total. The smallest absolute Gasteiger partial charge is 0.227 e. The maximum Gasteiger partial charge on any atom is 0.227 e. The third-order valence-corrected chi connectivity index (χ3v) is 4.02. The van der Waals surface area contributed by atoms with Gasteiger partial charge in [-0.2, -0.15) is 10.1 Å². The minimum Gasteiger partial charge on any atom is -0.339 e. The monoisotopic (exact) mass is 303 g/mol. The van der Waals surface area contributed by atoms with Crippen LogP contribution in [0.5, 0.6) is 0 Å². The maximum atomic E-state index is 5.35. The van der Waals surface area contributed by atoms with Crippen molar-refractivity contribution in [3.8, 4) is 11.4 Å². The molecule has 21 heavy (non-hydrogen) atoms. The Morgan fingerprint density at radius 3 is 2.90 bits per heavy atom. The zero-order valence-corrected chi connectivity index (χ0v) is 13.1. The summed E-state index contributed by atoms with van der Waals surface area (Å²) < 4.78 is 7.14. The predicted molar refractivity (Wildman–Crippen MR) is 80.1 cm³/mol.